The van der Waals surface area contributed by atoms with E-state index in [-0.39, 0.29) is 23.5 Å². The Bertz CT molecular complexity index is 550. The molecule has 2 atom stereocenters. The van der Waals surface area contributed by atoms with E-state index in [9.17, 15) is 20.0 Å². The molecule has 21 heavy (non-hydrogen) atoms. The van der Waals surface area contributed by atoms with Crippen LogP contribution in [-0.2, 0) is 9.47 Å². The third-order valence-corrected chi connectivity index (χ3v) is 3.58. The molecule has 2 unspecified atom stereocenters. The zero-order valence-corrected chi connectivity index (χ0v) is 11.7. The Balaban J connectivity index is 2.36. The lowest BCUT2D eigenvalue weighted by atomic mass is 10.1. The monoisotopic (exact) mass is 296 g/mol. The summed E-state index contributed by atoms with van der Waals surface area (Å²) >= 11 is 0. The average molecular weight is 296 g/mol. The van der Waals surface area contributed by atoms with E-state index in [4.69, 9.17) is 9.47 Å². The maximum Gasteiger partial charge on any atom is 0.338 e. The first-order valence-electron chi connectivity index (χ1n) is 6.30. The predicted octanol–water partition coefficient (Wildman–Crippen LogP) is 1.14. The van der Waals surface area contributed by atoms with Crippen LogP contribution < -0.4 is 4.90 Å². The van der Waals surface area contributed by atoms with Gasteiger partial charge in [0.25, 0.3) is 5.69 Å². The summed E-state index contributed by atoms with van der Waals surface area (Å²) < 4.78 is 10.6. The summed E-state index contributed by atoms with van der Waals surface area (Å²) in [6.45, 7) is 0.931. The van der Waals surface area contributed by atoms with Crippen LogP contribution in [0.2, 0.25) is 0 Å². The summed E-state index contributed by atoms with van der Waals surface area (Å²) in [5.74, 6) is -1.21. The van der Waals surface area contributed by atoms with Gasteiger partial charge < -0.3 is 19.5 Å². The molecule has 0 aliphatic carbocycles. The number of nitro benzene ring substituents is 1. The minimum Gasteiger partial charge on any atom is -0.478 e. The third-order valence-electron chi connectivity index (χ3n) is 3.58. The van der Waals surface area contributed by atoms with Crippen molar-refractivity contribution >= 4 is 17.3 Å². The van der Waals surface area contributed by atoms with Crippen molar-refractivity contribution in [3.63, 3.8) is 0 Å². The first kappa shape index (κ1) is 15.2. The van der Waals surface area contributed by atoms with E-state index >= 15 is 0 Å². The van der Waals surface area contributed by atoms with Gasteiger partial charge in [-0.3, -0.25) is 10.1 Å². The highest BCUT2D eigenvalue weighted by Gasteiger charge is 2.35. The second-order valence-electron chi connectivity index (χ2n) is 4.72. The van der Waals surface area contributed by atoms with Crippen LogP contribution in [0.4, 0.5) is 11.4 Å². The topological polar surface area (TPSA) is 102 Å². The number of carbonyl (C=O) groups is 1. The van der Waals surface area contributed by atoms with Crippen LogP contribution in [-0.4, -0.2) is 55.5 Å². The number of nitrogens with zero attached hydrogens (tertiary/aromatic N) is 2. The van der Waals surface area contributed by atoms with E-state index in [1.165, 1.54) is 12.1 Å². The van der Waals surface area contributed by atoms with E-state index in [1.807, 2.05) is 0 Å². The number of methoxy groups -OCH3 is 2. The van der Waals surface area contributed by atoms with Crippen molar-refractivity contribution in [3.05, 3.63) is 33.9 Å². The minimum atomic E-state index is -1.21. The number of hydrogen-bond acceptors (Lipinski definition) is 6. The van der Waals surface area contributed by atoms with Gasteiger partial charge >= 0.3 is 5.97 Å². The molecule has 0 aromatic heterocycles. The van der Waals surface area contributed by atoms with Gasteiger partial charge in [0.15, 0.2) is 0 Å². The molecule has 0 amide bonds. The van der Waals surface area contributed by atoms with Crippen LogP contribution >= 0.6 is 0 Å². The zero-order chi connectivity index (χ0) is 15.6. The van der Waals surface area contributed by atoms with Crippen LogP contribution in [0.3, 0.4) is 0 Å². The molecular weight excluding hydrogens is 280 g/mol. The number of aromatic carboxylic acids is 1. The van der Waals surface area contributed by atoms with Gasteiger partial charge in [0.1, 0.15) is 12.2 Å². The van der Waals surface area contributed by atoms with E-state index in [2.05, 4.69) is 0 Å². The molecule has 8 nitrogen and oxygen atoms in total. The van der Waals surface area contributed by atoms with Gasteiger partial charge in [0.2, 0.25) is 0 Å². The summed E-state index contributed by atoms with van der Waals surface area (Å²) in [7, 11) is 3.13. The van der Waals surface area contributed by atoms with Crippen molar-refractivity contribution in [1.82, 2.24) is 0 Å². The molecule has 1 N–H and O–H groups in total. The summed E-state index contributed by atoms with van der Waals surface area (Å²) in [6, 6.07) is 3.82. The van der Waals surface area contributed by atoms with Crippen molar-refractivity contribution in [1.29, 1.82) is 0 Å². The highest BCUT2D eigenvalue weighted by molar-refractivity contribution is 5.95. The largest absolute Gasteiger partial charge is 0.478 e. The van der Waals surface area contributed by atoms with Crippen LogP contribution in [0.5, 0.6) is 0 Å². The molecule has 0 radical (unpaired) electrons. The molecule has 1 aromatic rings. The molecule has 1 aliphatic rings. The molecule has 1 fully saturated rings. The smallest absolute Gasteiger partial charge is 0.338 e. The Morgan fingerprint density at radius 3 is 2.33 bits per heavy atom. The van der Waals surface area contributed by atoms with Gasteiger partial charge in [-0.15, -0.1) is 0 Å². The Kier molecular flexibility index (Phi) is 4.39. The molecule has 0 bridgehead atoms. The summed E-state index contributed by atoms with van der Waals surface area (Å²) in [5.41, 5.74) is 0.0763. The van der Waals surface area contributed by atoms with Gasteiger partial charge in [-0.05, 0) is 6.07 Å². The van der Waals surface area contributed by atoms with Gasteiger partial charge in [0.05, 0.1) is 16.2 Å². The quantitative estimate of drug-likeness (QED) is 0.642. The molecule has 0 saturated carbocycles. The van der Waals surface area contributed by atoms with Crippen molar-refractivity contribution in [2.75, 3.05) is 32.2 Å². The van der Waals surface area contributed by atoms with Crippen molar-refractivity contribution in [2.45, 2.75) is 12.2 Å². The fourth-order valence-electron chi connectivity index (χ4n) is 2.48. The Labute approximate surface area is 121 Å². The van der Waals surface area contributed by atoms with E-state index in [0.29, 0.717) is 18.8 Å². The first-order valence-corrected chi connectivity index (χ1v) is 6.30. The molecule has 2 rings (SSSR count). The molecule has 1 saturated heterocycles. The van der Waals surface area contributed by atoms with Gasteiger partial charge in [-0.2, -0.15) is 0 Å². The lowest BCUT2D eigenvalue weighted by Gasteiger charge is -2.20. The number of nitro groups is 1. The average Bonchev–Trinajstić information content (AvgIpc) is 2.89. The van der Waals surface area contributed by atoms with Crippen LogP contribution in [0.25, 0.3) is 0 Å². The number of carboxylic acids is 1. The number of anilines is 1. The van der Waals surface area contributed by atoms with Crippen LogP contribution in [0.15, 0.2) is 18.2 Å². The molecule has 1 aromatic carbocycles. The fraction of sp³-hybridized carbons (Fsp3) is 0.462. The second kappa shape index (κ2) is 6.06. The highest BCUT2D eigenvalue weighted by atomic mass is 16.6. The number of ether oxygens (including phenoxy) is 2. The molecule has 114 valence electrons. The lowest BCUT2D eigenvalue weighted by molar-refractivity contribution is -0.384. The van der Waals surface area contributed by atoms with Crippen LogP contribution in [0, 0.1) is 10.1 Å². The summed E-state index contributed by atoms with van der Waals surface area (Å²) in [6.07, 6.45) is -0.348. The van der Waals surface area contributed by atoms with Crippen LogP contribution in [0.1, 0.15) is 10.4 Å². The zero-order valence-electron chi connectivity index (χ0n) is 11.7. The van der Waals surface area contributed by atoms with E-state index in [1.54, 1.807) is 19.1 Å². The molecular formula is C13H16N2O6. The van der Waals surface area contributed by atoms with Crippen molar-refractivity contribution < 1.29 is 24.3 Å². The number of rotatable bonds is 5. The third kappa shape index (κ3) is 2.96. The van der Waals surface area contributed by atoms with E-state index in [0.717, 1.165) is 6.07 Å². The first-order chi connectivity index (χ1) is 9.97. The predicted molar refractivity (Wildman–Crippen MR) is 73.9 cm³/mol. The van der Waals surface area contributed by atoms with E-state index < -0.39 is 10.9 Å². The highest BCUT2D eigenvalue weighted by Crippen LogP contribution is 2.29. The fourth-order valence-corrected chi connectivity index (χ4v) is 2.48. The maximum atomic E-state index is 11.3. The SMILES string of the molecule is COC1CN(c2ccc([N+](=O)[O-])cc2C(=O)O)CC1OC. The Hall–Kier alpha value is -2.19. The number of hydrogen-bond donors (Lipinski definition) is 1. The van der Waals surface area contributed by atoms with Gasteiger partial charge in [0, 0.05) is 39.4 Å². The van der Waals surface area contributed by atoms with Crippen molar-refractivity contribution in [3.8, 4) is 0 Å². The summed E-state index contributed by atoms with van der Waals surface area (Å²) in [4.78, 5) is 23.3. The van der Waals surface area contributed by atoms with Gasteiger partial charge in [-0.25, -0.2) is 4.79 Å². The minimum absolute atomic E-state index is 0.101. The molecule has 1 aliphatic heterocycles. The molecule has 1 heterocycles. The lowest BCUT2D eigenvalue weighted by Crippen LogP contribution is -2.27. The van der Waals surface area contributed by atoms with Gasteiger partial charge in [-0.1, -0.05) is 0 Å². The second-order valence-corrected chi connectivity index (χ2v) is 4.72. The standard InChI is InChI=1S/C13H16N2O6/c1-20-11-6-14(7-12(11)21-2)10-4-3-8(15(18)19)5-9(10)13(16)17/h3-5,11-12H,6-7H2,1-2H3,(H,16,17). The normalized spacial score (nSPS) is 21.5. The molecule has 8 heteroatoms. The number of carboxylic acid groups (broad SMARTS) is 1. The van der Waals surface area contributed by atoms with Crippen molar-refractivity contribution in [2.24, 2.45) is 0 Å². The molecule has 0 spiro atoms. The summed E-state index contributed by atoms with van der Waals surface area (Å²) in [5, 5.41) is 20.0. The number of benzene rings is 1. The maximum absolute atomic E-state index is 11.3. The number of non-ortho nitro benzene ring substituents is 1. The Morgan fingerprint density at radius 1 is 1.33 bits per heavy atom. The Morgan fingerprint density at radius 2 is 1.90 bits per heavy atom.